The fraction of sp³-hybridized carbons (Fsp3) is 0.150. The molecule has 0 atom stereocenters. The van der Waals surface area contributed by atoms with Gasteiger partial charge >= 0.3 is 0 Å². The highest BCUT2D eigenvalue weighted by molar-refractivity contribution is 6.30. The molecule has 1 amide bonds. The molecule has 2 N–H and O–H groups in total. The van der Waals surface area contributed by atoms with Crippen LogP contribution in [0.15, 0.2) is 48.8 Å². The average Bonchev–Trinajstić information content (AvgIpc) is 2.62. The first-order valence-corrected chi connectivity index (χ1v) is 8.54. The molecule has 6 heteroatoms. The van der Waals surface area contributed by atoms with Crippen molar-refractivity contribution in [3.8, 4) is 0 Å². The first-order chi connectivity index (χ1) is 12.4. The first-order valence-electron chi connectivity index (χ1n) is 8.17. The molecule has 1 heterocycles. The van der Waals surface area contributed by atoms with E-state index >= 15 is 0 Å². The Bertz CT molecular complexity index is 955. The summed E-state index contributed by atoms with van der Waals surface area (Å²) in [6.45, 7) is 5.93. The number of nitrogens with zero attached hydrogens (tertiary/aromatic N) is 2. The Balaban J connectivity index is 1.72. The molecule has 1 aromatic heterocycles. The monoisotopic (exact) mass is 366 g/mol. The van der Waals surface area contributed by atoms with E-state index in [2.05, 4.69) is 20.6 Å². The number of halogens is 1. The van der Waals surface area contributed by atoms with E-state index in [1.54, 1.807) is 6.07 Å². The van der Waals surface area contributed by atoms with Crippen LogP contribution in [-0.2, 0) is 0 Å². The maximum absolute atomic E-state index is 12.4. The normalized spacial score (nSPS) is 10.5. The minimum atomic E-state index is -0.291. The van der Waals surface area contributed by atoms with Crippen LogP contribution >= 0.6 is 11.6 Å². The lowest BCUT2D eigenvalue weighted by molar-refractivity contribution is 0.102. The van der Waals surface area contributed by atoms with Gasteiger partial charge in [-0.2, -0.15) is 0 Å². The average molecular weight is 367 g/mol. The lowest BCUT2D eigenvalue weighted by Gasteiger charge is -2.11. The van der Waals surface area contributed by atoms with Gasteiger partial charge in [0.2, 0.25) is 0 Å². The third-order valence-electron chi connectivity index (χ3n) is 4.19. The molecule has 0 fully saturated rings. The SMILES string of the molecule is Cc1cc(Cl)ccc1Nc1cnc(C(=O)Nc2cccc(C)c2C)cn1. The van der Waals surface area contributed by atoms with Gasteiger partial charge in [-0.1, -0.05) is 23.7 Å². The molecule has 2 aromatic carbocycles. The number of amides is 1. The zero-order chi connectivity index (χ0) is 18.7. The van der Waals surface area contributed by atoms with Crippen molar-refractivity contribution in [1.29, 1.82) is 0 Å². The molecule has 132 valence electrons. The van der Waals surface area contributed by atoms with Gasteiger partial charge in [0.1, 0.15) is 11.5 Å². The lowest BCUT2D eigenvalue weighted by atomic mass is 10.1. The molecule has 5 nitrogen and oxygen atoms in total. The van der Waals surface area contributed by atoms with E-state index in [9.17, 15) is 4.79 Å². The third-order valence-corrected chi connectivity index (χ3v) is 4.42. The molecule has 0 saturated heterocycles. The topological polar surface area (TPSA) is 66.9 Å². The second-order valence-corrected chi connectivity index (χ2v) is 6.51. The lowest BCUT2D eigenvalue weighted by Crippen LogP contribution is -2.15. The standard InChI is InChI=1S/C20H19ClN4O/c1-12-5-4-6-17(14(12)3)25-20(26)18-10-23-19(11-22-18)24-16-8-7-15(21)9-13(16)2/h4-11H,1-3H3,(H,23,24)(H,25,26). The summed E-state index contributed by atoms with van der Waals surface area (Å²) in [5.74, 6) is 0.263. The number of aryl methyl sites for hydroxylation is 2. The van der Waals surface area contributed by atoms with E-state index in [-0.39, 0.29) is 11.6 Å². The molecule has 0 saturated carbocycles. The smallest absolute Gasteiger partial charge is 0.275 e. The summed E-state index contributed by atoms with van der Waals surface area (Å²) in [5.41, 5.74) is 5.06. The van der Waals surface area contributed by atoms with Crippen molar-refractivity contribution in [3.05, 3.63) is 76.2 Å². The number of hydrogen-bond acceptors (Lipinski definition) is 4. The maximum Gasteiger partial charge on any atom is 0.275 e. The van der Waals surface area contributed by atoms with Gasteiger partial charge in [0.05, 0.1) is 12.4 Å². The molecule has 0 unspecified atom stereocenters. The summed E-state index contributed by atoms with van der Waals surface area (Å²) in [6, 6.07) is 11.3. The highest BCUT2D eigenvalue weighted by atomic mass is 35.5. The van der Waals surface area contributed by atoms with Crippen molar-refractivity contribution in [2.45, 2.75) is 20.8 Å². The van der Waals surface area contributed by atoms with Crippen LogP contribution in [0.25, 0.3) is 0 Å². The van der Waals surface area contributed by atoms with Crippen LogP contribution in [0.5, 0.6) is 0 Å². The molecule has 26 heavy (non-hydrogen) atoms. The second kappa shape index (κ2) is 7.54. The van der Waals surface area contributed by atoms with Crippen LogP contribution in [0, 0.1) is 20.8 Å². The van der Waals surface area contributed by atoms with Crippen LogP contribution in [0.2, 0.25) is 5.02 Å². The highest BCUT2D eigenvalue weighted by Gasteiger charge is 2.11. The van der Waals surface area contributed by atoms with Crippen molar-refractivity contribution < 1.29 is 4.79 Å². The summed E-state index contributed by atoms with van der Waals surface area (Å²) in [7, 11) is 0. The van der Waals surface area contributed by atoms with Crippen molar-refractivity contribution in [1.82, 2.24) is 9.97 Å². The van der Waals surface area contributed by atoms with E-state index in [1.165, 1.54) is 12.4 Å². The Morgan fingerprint density at radius 3 is 2.46 bits per heavy atom. The quantitative estimate of drug-likeness (QED) is 0.678. The van der Waals surface area contributed by atoms with Gasteiger partial charge in [-0.3, -0.25) is 4.79 Å². The molecule has 3 rings (SSSR count). The van der Waals surface area contributed by atoms with E-state index in [0.717, 1.165) is 28.1 Å². The summed E-state index contributed by atoms with van der Waals surface area (Å²) in [6.07, 6.45) is 2.99. The summed E-state index contributed by atoms with van der Waals surface area (Å²) >= 11 is 5.96. The van der Waals surface area contributed by atoms with E-state index < -0.39 is 0 Å². The van der Waals surface area contributed by atoms with Gasteiger partial charge in [-0.05, 0) is 61.7 Å². The number of hydrogen-bond donors (Lipinski definition) is 2. The second-order valence-electron chi connectivity index (χ2n) is 6.07. The molecular weight excluding hydrogens is 348 g/mol. The molecule has 0 aliphatic heterocycles. The van der Waals surface area contributed by atoms with Crippen molar-refractivity contribution in [2.75, 3.05) is 10.6 Å². The zero-order valence-electron chi connectivity index (χ0n) is 14.8. The van der Waals surface area contributed by atoms with Gasteiger partial charge in [0, 0.05) is 16.4 Å². The number of benzene rings is 2. The molecule has 0 spiro atoms. The van der Waals surface area contributed by atoms with Crippen molar-refractivity contribution in [2.24, 2.45) is 0 Å². The van der Waals surface area contributed by atoms with Gasteiger partial charge in [-0.25, -0.2) is 9.97 Å². The number of anilines is 3. The minimum absolute atomic E-state index is 0.254. The van der Waals surface area contributed by atoms with Crippen molar-refractivity contribution in [3.63, 3.8) is 0 Å². The third kappa shape index (κ3) is 4.00. The molecule has 0 radical (unpaired) electrons. The predicted octanol–water partition coefficient (Wildman–Crippen LogP) is 5.05. The number of carbonyl (C=O) groups excluding carboxylic acids is 1. The Kier molecular flexibility index (Phi) is 5.19. The van der Waals surface area contributed by atoms with Crippen LogP contribution in [-0.4, -0.2) is 15.9 Å². The van der Waals surface area contributed by atoms with Crippen molar-refractivity contribution >= 4 is 34.7 Å². The Morgan fingerprint density at radius 2 is 1.77 bits per heavy atom. The number of carbonyl (C=O) groups is 1. The van der Waals surface area contributed by atoms with Gasteiger partial charge in [0.25, 0.3) is 5.91 Å². The highest BCUT2D eigenvalue weighted by Crippen LogP contribution is 2.22. The van der Waals surface area contributed by atoms with Crippen LogP contribution in [0.3, 0.4) is 0 Å². The van der Waals surface area contributed by atoms with Gasteiger partial charge < -0.3 is 10.6 Å². The molecular formula is C20H19ClN4O. The van der Waals surface area contributed by atoms with Crippen LogP contribution in [0.1, 0.15) is 27.2 Å². The Labute approximate surface area is 157 Å². The van der Waals surface area contributed by atoms with Crippen LogP contribution in [0.4, 0.5) is 17.2 Å². The molecule has 0 aliphatic rings. The molecule has 0 aliphatic carbocycles. The van der Waals surface area contributed by atoms with Gasteiger partial charge in [-0.15, -0.1) is 0 Å². The summed E-state index contributed by atoms with van der Waals surface area (Å²) in [4.78, 5) is 20.9. The number of nitrogens with one attached hydrogen (secondary N) is 2. The fourth-order valence-electron chi connectivity index (χ4n) is 2.49. The van der Waals surface area contributed by atoms with Crippen LogP contribution < -0.4 is 10.6 Å². The summed E-state index contributed by atoms with van der Waals surface area (Å²) in [5, 5.41) is 6.72. The number of aromatic nitrogens is 2. The van der Waals surface area contributed by atoms with E-state index in [4.69, 9.17) is 11.6 Å². The largest absolute Gasteiger partial charge is 0.339 e. The molecule has 3 aromatic rings. The van der Waals surface area contributed by atoms with E-state index in [0.29, 0.717) is 10.8 Å². The zero-order valence-corrected chi connectivity index (χ0v) is 15.6. The predicted molar refractivity (Wildman–Crippen MR) is 105 cm³/mol. The Hall–Kier alpha value is -2.92. The maximum atomic E-state index is 12.4. The molecule has 0 bridgehead atoms. The first kappa shape index (κ1) is 17.9. The Morgan fingerprint density at radius 1 is 0.962 bits per heavy atom. The van der Waals surface area contributed by atoms with E-state index in [1.807, 2.05) is 51.1 Å². The fourth-order valence-corrected chi connectivity index (χ4v) is 2.71. The summed E-state index contributed by atoms with van der Waals surface area (Å²) < 4.78 is 0. The number of rotatable bonds is 4. The minimum Gasteiger partial charge on any atom is -0.339 e. The van der Waals surface area contributed by atoms with Gasteiger partial charge in [0.15, 0.2) is 0 Å².